The van der Waals surface area contributed by atoms with E-state index in [1.54, 1.807) is 6.20 Å². The van der Waals surface area contributed by atoms with E-state index in [2.05, 4.69) is 34.8 Å². The number of halogens is 1. The molecule has 1 atom stereocenters. The lowest BCUT2D eigenvalue weighted by molar-refractivity contribution is 0.0991. The van der Waals surface area contributed by atoms with Crippen molar-refractivity contribution in [3.05, 3.63) is 28.5 Å². The van der Waals surface area contributed by atoms with Gasteiger partial charge in [-0.25, -0.2) is 0 Å². The van der Waals surface area contributed by atoms with Crippen LogP contribution in [-0.2, 0) is 0 Å². The molecule has 0 spiro atoms. The molecule has 0 bridgehead atoms. The van der Waals surface area contributed by atoms with Gasteiger partial charge in [0.15, 0.2) is 0 Å². The predicted octanol–water partition coefficient (Wildman–Crippen LogP) is 3.31. The molecule has 1 rings (SSSR count). The van der Waals surface area contributed by atoms with Crippen molar-refractivity contribution in [1.29, 1.82) is 0 Å². The van der Waals surface area contributed by atoms with Gasteiger partial charge in [0.05, 0.1) is 11.8 Å². The number of aliphatic hydroxyl groups excluding tert-OH is 1. The lowest BCUT2D eigenvalue weighted by Gasteiger charge is -2.19. The number of aliphatic hydroxyl groups is 1. The molecule has 0 aliphatic carbocycles. The molecule has 0 aliphatic heterocycles. The molecule has 78 valence electrons. The van der Waals surface area contributed by atoms with Crippen LogP contribution >= 0.6 is 15.9 Å². The smallest absolute Gasteiger partial charge is 0.0987 e. The maximum atomic E-state index is 9.99. The van der Waals surface area contributed by atoms with Crippen molar-refractivity contribution in [2.24, 2.45) is 5.92 Å². The molecule has 1 N–H and O–H groups in total. The zero-order valence-electron chi connectivity index (χ0n) is 8.57. The Kier molecular flexibility index (Phi) is 4.55. The Hall–Kier alpha value is -0.410. The Labute approximate surface area is 93.5 Å². The summed E-state index contributed by atoms with van der Waals surface area (Å²) in [5.74, 6) is 0.309. The second-order valence-electron chi connectivity index (χ2n) is 3.42. The van der Waals surface area contributed by atoms with Gasteiger partial charge in [-0.15, -0.1) is 0 Å². The first-order valence-electron chi connectivity index (χ1n) is 4.98. The van der Waals surface area contributed by atoms with Crippen molar-refractivity contribution >= 4 is 15.9 Å². The van der Waals surface area contributed by atoms with E-state index in [-0.39, 0.29) is 0 Å². The zero-order valence-corrected chi connectivity index (χ0v) is 10.2. The van der Waals surface area contributed by atoms with E-state index in [0.717, 1.165) is 23.0 Å². The van der Waals surface area contributed by atoms with E-state index in [0.29, 0.717) is 5.92 Å². The third-order valence-electron chi connectivity index (χ3n) is 2.55. The molecule has 1 aromatic heterocycles. The van der Waals surface area contributed by atoms with Gasteiger partial charge in [-0.2, -0.15) is 0 Å². The molecule has 2 nitrogen and oxygen atoms in total. The first kappa shape index (κ1) is 11.7. The van der Waals surface area contributed by atoms with E-state index < -0.39 is 6.10 Å². The maximum absolute atomic E-state index is 9.99. The van der Waals surface area contributed by atoms with Gasteiger partial charge in [-0.05, 0) is 34.0 Å². The SMILES string of the molecule is CCC(CC)C(O)c1ccc(Br)cn1. The van der Waals surface area contributed by atoms with Gasteiger partial charge in [0.25, 0.3) is 0 Å². The summed E-state index contributed by atoms with van der Waals surface area (Å²) in [6.07, 6.45) is 3.25. The summed E-state index contributed by atoms with van der Waals surface area (Å²) in [7, 11) is 0. The van der Waals surface area contributed by atoms with Crippen LogP contribution in [-0.4, -0.2) is 10.1 Å². The van der Waals surface area contributed by atoms with E-state index in [9.17, 15) is 5.11 Å². The van der Waals surface area contributed by atoms with E-state index >= 15 is 0 Å². The van der Waals surface area contributed by atoms with Gasteiger partial charge in [-0.1, -0.05) is 26.7 Å². The first-order valence-corrected chi connectivity index (χ1v) is 5.77. The summed E-state index contributed by atoms with van der Waals surface area (Å²) in [6.45, 7) is 4.19. The Morgan fingerprint density at radius 1 is 1.36 bits per heavy atom. The topological polar surface area (TPSA) is 33.1 Å². The Bertz CT molecular complexity index is 269. The van der Waals surface area contributed by atoms with Crippen LogP contribution in [0.2, 0.25) is 0 Å². The highest BCUT2D eigenvalue weighted by molar-refractivity contribution is 9.10. The summed E-state index contributed by atoms with van der Waals surface area (Å²) < 4.78 is 0.943. The van der Waals surface area contributed by atoms with Crippen LogP contribution in [0.25, 0.3) is 0 Å². The van der Waals surface area contributed by atoms with Crippen molar-refractivity contribution < 1.29 is 5.11 Å². The third-order valence-corrected chi connectivity index (χ3v) is 3.02. The summed E-state index contributed by atoms with van der Waals surface area (Å²) in [6, 6.07) is 3.78. The van der Waals surface area contributed by atoms with Crippen molar-refractivity contribution in [3.63, 3.8) is 0 Å². The highest BCUT2D eigenvalue weighted by Gasteiger charge is 2.18. The lowest BCUT2D eigenvalue weighted by atomic mass is 9.94. The maximum Gasteiger partial charge on any atom is 0.0987 e. The molecule has 1 heterocycles. The Morgan fingerprint density at radius 2 is 2.00 bits per heavy atom. The first-order chi connectivity index (χ1) is 6.69. The zero-order chi connectivity index (χ0) is 10.6. The molecule has 3 heteroatoms. The van der Waals surface area contributed by atoms with Gasteiger partial charge in [0, 0.05) is 10.7 Å². The predicted molar refractivity (Wildman–Crippen MR) is 61.0 cm³/mol. The van der Waals surface area contributed by atoms with Crippen LogP contribution in [0.15, 0.2) is 22.8 Å². The van der Waals surface area contributed by atoms with E-state index in [1.165, 1.54) is 0 Å². The fourth-order valence-corrected chi connectivity index (χ4v) is 1.77. The summed E-state index contributed by atoms with van der Waals surface area (Å²) in [5, 5.41) is 9.99. The number of hydrogen-bond acceptors (Lipinski definition) is 2. The number of pyridine rings is 1. The third kappa shape index (κ3) is 2.79. The summed E-state index contributed by atoms with van der Waals surface area (Å²) >= 11 is 3.32. The molecule has 0 fully saturated rings. The second-order valence-corrected chi connectivity index (χ2v) is 4.34. The van der Waals surface area contributed by atoms with Crippen molar-refractivity contribution in [3.8, 4) is 0 Å². The number of nitrogens with zero attached hydrogens (tertiary/aromatic N) is 1. The van der Waals surface area contributed by atoms with Gasteiger partial charge < -0.3 is 5.11 Å². The normalized spacial score (nSPS) is 13.2. The van der Waals surface area contributed by atoms with Crippen LogP contribution in [0.3, 0.4) is 0 Å². The molecule has 0 amide bonds. The van der Waals surface area contributed by atoms with Crippen molar-refractivity contribution in [1.82, 2.24) is 4.98 Å². The van der Waals surface area contributed by atoms with Crippen molar-refractivity contribution in [2.75, 3.05) is 0 Å². The molecule has 1 aromatic rings. The van der Waals surface area contributed by atoms with Crippen LogP contribution in [0.1, 0.15) is 38.5 Å². The highest BCUT2D eigenvalue weighted by atomic mass is 79.9. The molecule has 14 heavy (non-hydrogen) atoms. The van der Waals surface area contributed by atoms with Crippen LogP contribution in [0, 0.1) is 5.92 Å². The molecule has 0 radical (unpaired) electrons. The molecule has 1 unspecified atom stereocenters. The molecular formula is C11H16BrNO. The largest absolute Gasteiger partial charge is 0.387 e. The molecule has 0 saturated carbocycles. The molecule has 0 saturated heterocycles. The molecular weight excluding hydrogens is 242 g/mol. The minimum absolute atomic E-state index is 0.309. The average molecular weight is 258 g/mol. The Balaban J connectivity index is 2.77. The van der Waals surface area contributed by atoms with E-state index in [1.807, 2.05) is 12.1 Å². The minimum Gasteiger partial charge on any atom is -0.387 e. The van der Waals surface area contributed by atoms with Crippen LogP contribution in [0.5, 0.6) is 0 Å². The average Bonchev–Trinajstić information content (AvgIpc) is 2.20. The summed E-state index contributed by atoms with van der Waals surface area (Å²) in [5.41, 5.74) is 0.766. The van der Waals surface area contributed by atoms with Gasteiger partial charge in [0.2, 0.25) is 0 Å². The van der Waals surface area contributed by atoms with Gasteiger partial charge in [-0.3, -0.25) is 4.98 Å². The van der Waals surface area contributed by atoms with Crippen LogP contribution < -0.4 is 0 Å². The number of rotatable bonds is 4. The fraction of sp³-hybridized carbons (Fsp3) is 0.545. The summed E-state index contributed by atoms with van der Waals surface area (Å²) in [4.78, 5) is 4.20. The second kappa shape index (κ2) is 5.47. The van der Waals surface area contributed by atoms with Gasteiger partial charge in [0.1, 0.15) is 0 Å². The monoisotopic (exact) mass is 257 g/mol. The van der Waals surface area contributed by atoms with Crippen LogP contribution in [0.4, 0.5) is 0 Å². The quantitative estimate of drug-likeness (QED) is 0.898. The standard InChI is InChI=1S/C11H16BrNO/c1-3-8(4-2)11(14)10-6-5-9(12)7-13-10/h5-8,11,14H,3-4H2,1-2H3. The Morgan fingerprint density at radius 3 is 2.43 bits per heavy atom. The highest BCUT2D eigenvalue weighted by Crippen LogP contribution is 2.26. The number of hydrogen-bond donors (Lipinski definition) is 1. The fourth-order valence-electron chi connectivity index (χ4n) is 1.54. The van der Waals surface area contributed by atoms with E-state index in [4.69, 9.17) is 0 Å². The van der Waals surface area contributed by atoms with Crippen molar-refractivity contribution in [2.45, 2.75) is 32.8 Å². The minimum atomic E-state index is -0.432. The lowest BCUT2D eigenvalue weighted by Crippen LogP contribution is -2.12. The molecule has 0 aromatic carbocycles. The molecule has 0 aliphatic rings. The van der Waals surface area contributed by atoms with Gasteiger partial charge >= 0.3 is 0 Å². The number of aromatic nitrogens is 1.